The number of aromatic amines is 1. The monoisotopic (exact) mass is 472 g/mol. The van der Waals surface area contributed by atoms with Gasteiger partial charge in [-0.1, -0.05) is 66.0 Å². The van der Waals surface area contributed by atoms with Crippen LogP contribution in [0.25, 0.3) is 11.4 Å². The third-order valence-corrected chi connectivity index (χ3v) is 7.92. The fraction of sp³-hybridized carbons (Fsp3) is 0.222. The van der Waals surface area contributed by atoms with Crippen LogP contribution in [0.15, 0.2) is 105 Å². The Bertz CT molecular complexity index is 1110. The highest BCUT2D eigenvalue weighted by Crippen LogP contribution is 2.42. The number of likely N-dealkylation sites (N-methyl/N-ethyl adjacent to an activating group) is 1. The summed E-state index contributed by atoms with van der Waals surface area (Å²) in [5, 5.41) is 0. The van der Waals surface area contributed by atoms with Crippen LogP contribution >= 0.6 is 23.5 Å². The lowest BCUT2D eigenvalue weighted by molar-refractivity contribution is 0.147. The Labute approximate surface area is 204 Å². The molecule has 0 spiro atoms. The molecule has 5 rings (SSSR count). The molecule has 4 nitrogen and oxygen atoms in total. The molecule has 1 N–H and O–H groups in total. The number of piperazine rings is 1. The molecule has 0 unspecified atom stereocenters. The molecule has 0 saturated carbocycles. The van der Waals surface area contributed by atoms with Crippen molar-refractivity contribution in [1.82, 2.24) is 19.8 Å². The highest BCUT2D eigenvalue weighted by molar-refractivity contribution is 8.00. The van der Waals surface area contributed by atoms with Crippen LogP contribution in [0.2, 0.25) is 0 Å². The van der Waals surface area contributed by atoms with Crippen LogP contribution < -0.4 is 0 Å². The first kappa shape index (κ1) is 22.3. The zero-order chi connectivity index (χ0) is 22.5. The third kappa shape index (κ3) is 5.71. The lowest BCUT2D eigenvalue weighted by Crippen LogP contribution is -2.43. The molecular formula is C27H28N4S2. The molecule has 2 heterocycles. The molecule has 33 heavy (non-hydrogen) atoms. The molecule has 0 radical (unpaired) electrons. The van der Waals surface area contributed by atoms with Crippen LogP contribution in [0.4, 0.5) is 0 Å². The van der Waals surface area contributed by atoms with Crippen LogP contribution in [0.1, 0.15) is 5.69 Å². The Hall–Kier alpha value is -2.51. The minimum atomic E-state index is 0.913. The van der Waals surface area contributed by atoms with Gasteiger partial charge >= 0.3 is 0 Å². The van der Waals surface area contributed by atoms with E-state index in [4.69, 9.17) is 4.98 Å². The predicted molar refractivity (Wildman–Crippen MR) is 138 cm³/mol. The molecule has 4 aromatic rings. The van der Waals surface area contributed by atoms with Crippen molar-refractivity contribution in [3.63, 3.8) is 0 Å². The molecule has 1 aliphatic heterocycles. The van der Waals surface area contributed by atoms with E-state index in [1.165, 1.54) is 30.8 Å². The normalized spacial score (nSPS) is 15.1. The van der Waals surface area contributed by atoms with Crippen molar-refractivity contribution >= 4 is 23.5 Å². The quantitative estimate of drug-likeness (QED) is 0.350. The average Bonchev–Trinajstić information content (AvgIpc) is 3.30. The molecule has 1 saturated heterocycles. The SMILES string of the molecule is CN1CCN(Cc2cnc(-c3c(Sc4ccccc4)cccc3Sc3ccccc3)[nH]2)CC1. The van der Waals surface area contributed by atoms with Crippen molar-refractivity contribution in [3.8, 4) is 11.4 Å². The van der Waals surface area contributed by atoms with Gasteiger partial charge in [-0.15, -0.1) is 0 Å². The van der Waals surface area contributed by atoms with E-state index in [0.29, 0.717) is 0 Å². The van der Waals surface area contributed by atoms with Crippen LogP contribution in [0, 0.1) is 0 Å². The van der Waals surface area contributed by atoms with E-state index < -0.39 is 0 Å². The zero-order valence-electron chi connectivity index (χ0n) is 18.8. The fourth-order valence-corrected chi connectivity index (χ4v) is 6.03. The van der Waals surface area contributed by atoms with Crippen molar-refractivity contribution in [1.29, 1.82) is 0 Å². The number of aromatic nitrogens is 2. The van der Waals surface area contributed by atoms with Gasteiger partial charge in [0, 0.05) is 69.8 Å². The number of benzene rings is 3. The van der Waals surface area contributed by atoms with Gasteiger partial charge in [0.05, 0.1) is 0 Å². The number of imidazole rings is 1. The van der Waals surface area contributed by atoms with E-state index >= 15 is 0 Å². The first-order chi connectivity index (χ1) is 16.2. The smallest absolute Gasteiger partial charge is 0.139 e. The zero-order valence-corrected chi connectivity index (χ0v) is 20.4. The maximum Gasteiger partial charge on any atom is 0.139 e. The lowest BCUT2D eigenvalue weighted by Gasteiger charge is -2.31. The van der Waals surface area contributed by atoms with Gasteiger partial charge in [0.25, 0.3) is 0 Å². The van der Waals surface area contributed by atoms with Crippen molar-refractivity contribution in [2.75, 3.05) is 33.2 Å². The number of nitrogens with zero attached hydrogens (tertiary/aromatic N) is 3. The van der Waals surface area contributed by atoms with Crippen LogP contribution in [-0.4, -0.2) is 53.0 Å². The Morgan fingerprint density at radius 3 is 1.91 bits per heavy atom. The summed E-state index contributed by atoms with van der Waals surface area (Å²) >= 11 is 3.58. The fourth-order valence-electron chi connectivity index (χ4n) is 3.96. The second kappa shape index (κ2) is 10.6. The number of rotatable bonds is 7. The highest BCUT2D eigenvalue weighted by atomic mass is 32.2. The molecule has 1 aliphatic rings. The maximum absolute atomic E-state index is 4.85. The molecular weight excluding hydrogens is 444 g/mol. The van der Waals surface area contributed by atoms with Crippen molar-refractivity contribution < 1.29 is 0 Å². The van der Waals surface area contributed by atoms with Crippen molar-refractivity contribution in [2.45, 2.75) is 26.1 Å². The minimum Gasteiger partial charge on any atom is -0.341 e. The molecule has 1 fully saturated rings. The Morgan fingerprint density at radius 1 is 0.758 bits per heavy atom. The standard InChI is InChI=1S/C27H28N4S2/c1-30-15-17-31(18-16-30)20-21-19-28-27(29-21)26-24(32-22-9-4-2-5-10-22)13-8-14-25(26)33-23-11-6-3-7-12-23/h2-14,19H,15-18,20H2,1H3,(H,28,29). The van der Waals surface area contributed by atoms with E-state index in [-0.39, 0.29) is 0 Å². The predicted octanol–water partition coefficient (Wildman–Crippen LogP) is 6.13. The van der Waals surface area contributed by atoms with Gasteiger partial charge < -0.3 is 9.88 Å². The largest absolute Gasteiger partial charge is 0.341 e. The molecule has 0 aliphatic carbocycles. The van der Waals surface area contributed by atoms with Gasteiger partial charge in [0.2, 0.25) is 0 Å². The van der Waals surface area contributed by atoms with Gasteiger partial charge in [-0.3, -0.25) is 4.90 Å². The Kier molecular flexibility index (Phi) is 7.17. The van der Waals surface area contributed by atoms with E-state index in [9.17, 15) is 0 Å². The number of nitrogens with one attached hydrogen (secondary N) is 1. The Morgan fingerprint density at radius 2 is 1.33 bits per heavy atom. The second-order valence-electron chi connectivity index (χ2n) is 8.30. The Balaban J connectivity index is 1.47. The summed E-state index contributed by atoms with van der Waals surface area (Å²) < 4.78 is 0. The van der Waals surface area contributed by atoms with Gasteiger partial charge in [-0.2, -0.15) is 0 Å². The van der Waals surface area contributed by atoms with Gasteiger partial charge in [-0.05, 0) is 43.4 Å². The third-order valence-electron chi connectivity index (χ3n) is 5.79. The van der Waals surface area contributed by atoms with Crippen molar-refractivity contribution in [3.05, 3.63) is 90.8 Å². The summed E-state index contributed by atoms with van der Waals surface area (Å²) in [6.45, 7) is 5.35. The summed E-state index contributed by atoms with van der Waals surface area (Å²) in [7, 11) is 2.19. The van der Waals surface area contributed by atoms with Gasteiger partial charge in [-0.25, -0.2) is 4.98 Å². The highest BCUT2D eigenvalue weighted by Gasteiger charge is 2.18. The number of hydrogen-bond donors (Lipinski definition) is 1. The molecule has 1 aromatic heterocycles. The van der Waals surface area contributed by atoms with Gasteiger partial charge in [0.1, 0.15) is 5.82 Å². The molecule has 3 aromatic carbocycles. The number of H-pyrrole nitrogens is 1. The van der Waals surface area contributed by atoms with E-state index in [1.54, 1.807) is 23.5 Å². The first-order valence-electron chi connectivity index (χ1n) is 11.3. The molecule has 168 valence electrons. The summed E-state index contributed by atoms with van der Waals surface area (Å²) in [6.07, 6.45) is 2.01. The van der Waals surface area contributed by atoms with Crippen LogP contribution in [0.3, 0.4) is 0 Å². The summed E-state index contributed by atoms with van der Waals surface area (Å²) in [4.78, 5) is 18.3. The number of hydrogen-bond acceptors (Lipinski definition) is 5. The van der Waals surface area contributed by atoms with Crippen molar-refractivity contribution in [2.24, 2.45) is 0 Å². The summed E-state index contributed by atoms with van der Waals surface area (Å²) in [6, 6.07) is 27.7. The topological polar surface area (TPSA) is 35.2 Å². The lowest BCUT2D eigenvalue weighted by atomic mass is 10.2. The molecule has 0 amide bonds. The maximum atomic E-state index is 4.85. The average molecular weight is 473 g/mol. The van der Waals surface area contributed by atoms with E-state index in [2.05, 4.69) is 101 Å². The first-order valence-corrected chi connectivity index (χ1v) is 12.9. The second-order valence-corrected chi connectivity index (χ2v) is 10.5. The minimum absolute atomic E-state index is 0.913. The van der Waals surface area contributed by atoms with E-state index in [1.807, 2.05) is 6.20 Å². The summed E-state index contributed by atoms with van der Waals surface area (Å²) in [5.41, 5.74) is 2.34. The van der Waals surface area contributed by atoms with Crippen LogP contribution in [-0.2, 0) is 6.54 Å². The van der Waals surface area contributed by atoms with Gasteiger partial charge in [0.15, 0.2) is 0 Å². The molecule has 0 bridgehead atoms. The van der Waals surface area contributed by atoms with Crippen LogP contribution in [0.5, 0.6) is 0 Å². The molecule has 6 heteroatoms. The summed E-state index contributed by atoms with van der Waals surface area (Å²) in [5.74, 6) is 0.941. The van der Waals surface area contributed by atoms with E-state index in [0.717, 1.165) is 38.5 Å². The molecule has 0 atom stereocenters.